The lowest BCUT2D eigenvalue weighted by Crippen LogP contribution is -2.19. The van der Waals surface area contributed by atoms with Crippen LogP contribution in [0.25, 0.3) is 10.2 Å². The number of fused-ring (bicyclic) bond motifs is 1. The molecule has 2 aromatic heterocycles. The number of thiazole rings is 1. The fourth-order valence-electron chi connectivity index (χ4n) is 2.79. The lowest BCUT2D eigenvalue weighted by atomic mass is 10.3. The van der Waals surface area contributed by atoms with E-state index in [-0.39, 0.29) is 5.91 Å². The van der Waals surface area contributed by atoms with Crippen molar-refractivity contribution in [3.05, 3.63) is 34.9 Å². The zero-order chi connectivity index (χ0) is 19.4. The number of ether oxygens (including phenoxy) is 2. The number of aryl methyl sites for hydroxylation is 2. The van der Waals surface area contributed by atoms with E-state index in [1.807, 2.05) is 19.1 Å². The number of carbonyl (C=O) groups excluding carboxylic acids is 1. The zero-order valence-electron chi connectivity index (χ0n) is 15.8. The molecule has 0 aliphatic carbocycles. The molecule has 0 aliphatic rings. The van der Waals surface area contributed by atoms with Crippen molar-refractivity contribution in [3.8, 4) is 11.5 Å². The number of hydrogen-bond acceptors (Lipinski definition) is 6. The van der Waals surface area contributed by atoms with Gasteiger partial charge in [-0.1, -0.05) is 11.3 Å². The first-order valence-corrected chi connectivity index (χ1v) is 10.7. The van der Waals surface area contributed by atoms with Crippen LogP contribution in [0.1, 0.15) is 17.4 Å². The van der Waals surface area contributed by atoms with Gasteiger partial charge in [0, 0.05) is 37.2 Å². The number of amides is 1. The number of benzene rings is 1. The molecule has 3 aromatic rings. The molecular formula is C18H22N4O3S2. The fourth-order valence-corrected chi connectivity index (χ4v) is 4.22. The second-order valence-corrected chi connectivity index (χ2v) is 7.65. The second kappa shape index (κ2) is 8.62. The van der Waals surface area contributed by atoms with E-state index in [1.165, 1.54) is 11.3 Å². The Labute approximate surface area is 165 Å². The molecule has 0 atom stereocenters. The van der Waals surface area contributed by atoms with Crippen molar-refractivity contribution >= 4 is 39.2 Å². The smallest absolute Gasteiger partial charge is 0.297 e. The van der Waals surface area contributed by atoms with Crippen LogP contribution in [0, 0.1) is 0 Å². The van der Waals surface area contributed by atoms with Crippen molar-refractivity contribution < 1.29 is 14.3 Å². The first-order valence-electron chi connectivity index (χ1n) is 8.48. The lowest BCUT2D eigenvalue weighted by Gasteiger charge is -2.09. The molecular weight excluding hydrogens is 384 g/mol. The highest BCUT2D eigenvalue weighted by molar-refractivity contribution is 7.98. The molecule has 9 heteroatoms. The summed E-state index contributed by atoms with van der Waals surface area (Å²) in [4.78, 5) is 17.8. The van der Waals surface area contributed by atoms with Crippen LogP contribution in [-0.2, 0) is 13.1 Å². The van der Waals surface area contributed by atoms with Gasteiger partial charge >= 0.3 is 0 Å². The van der Waals surface area contributed by atoms with E-state index >= 15 is 0 Å². The van der Waals surface area contributed by atoms with Crippen LogP contribution in [0.4, 0.5) is 0 Å². The Kier molecular flexibility index (Phi) is 6.22. The molecule has 0 unspecified atom stereocenters. The standard InChI is InChI=1S/C18H22N4O3S2/c1-5-22-12(6-7-19-22)17(23)20-18-21(8-9-26-4)13-10-14(24-2)15(25-3)11-16(13)27-18/h6-7,10-11H,5,8-9H2,1-4H3. The van der Waals surface area contributed by atoms with Crippen LogP contribution in [0.15, 0.2) is 29.4 Å². The number of nitrogens with zero attached hydrogens (tertiary/aromatic N) is 4. The summed E-state index contributed by atoms with van der Waals surface area (Å²) < 4.78 is 15.5. The summed E-state index contributed by atoms with van der Waals surface area (Å²) in [7, 11) is 3.22. The van der Waals surface area contributed by atoms with Gasteiger partial charge in [0.25, 0.3) is 5.91 Å². The highest BCUT2D eigenvalue weighted by Crippen LogP contribution is 2.33. The maximum atomic E-state index is 12.7. The second-order valence-electron chi connectivity index (χ2n) is 5.65. The molecule has 3 rings (SSSR count). The van der Waals surface area contributed by atoms with Crippen molar-refractivity contribution in [2.45, 2.75) is 20.0 Å². The Morgan fingerprint density at radius 1 is 1.30 bits per heavy atom. The molecule has 7 nitrogen and oxygen atoms in total. The topological polar surface area (TPSA) is 70.6 Å². The number of thioether (sulfide) groups is 1. The molecule has 0 bridgehead atoms. The van der Waals surface area contributed by atoms with Gasteiger partial charge in [-0.05, 0) is 19.2 Å². The third kappa shape index (κ3) is 3.89. The van der Waals surface area contributed by atoms with Crippen LogP contribution >= 0.6 is 23.1 Å². The predicted octanol–water partition coefficient (Wildman–Crippen LogP) is 3.04. The minimum Gasteiger partial charge on any atom is -0.493 e. The average molecular weight is 407 g/mol. The summed E-state index contributed by atoms with van der Waals surface area (Å²) in [5.41, 5.74) is 1.46. The third-order valence-electron chi connectivity index (χ3n) is 4.14. The van der Waals surface area contributed by atoms with E-state index < -0.39 is 0 Å². The van der Waals surface area contributed by atoms with E-state index in [0.717, 1.165) is 22.5 Å². The van der Waals surface area contributed by atoms with Crippen LogP contribution in [0.2, 0.25) is 0 Å². The van der Waals surface area contributed by atoms with Gasteiger partial charge in [-0.3, -0.25) is 9.48 Å². The van der Waals surface area contributed by atoms with Gasteiger partial charge in [0.2, 0.25) is 0 Å². The fraction of sp³-hybridized carbons (Fsp3) is 0.389. The Morgan fingerprint density at radius 2 is 2.04 bits per heavy atom. The summed E-state index contributed by atoms with van der Waals surface area (Å²) >= 11 is 3.21. The summed E-state index contributed by atoms with van der Waals surface area (Å²) in [6, 6.07) is 5.56. The summed E-state index contributed by atoms with van der Waals surface area (Å²) in [6.45, 7) is 3.31. The molecule has 2 heterocycles. The van der Waals surface area contributed by atoms with Gasteiger partial charge < -0.3 is 14.0 Å². The van der Waals surface area contributed by atoms with E-state index in [2.05, 4.69) is 20.9 Å². The van der Waals surface area contributed by atoms with E-state index in [1.54, 1.807) is 42.9 Å². The number of hydrogen-bond donors (Lipinski definition) is 0. The van der Waals surface area contributed by atoms with Gasteiger partial charge in [-0.25, -0.2) is 0 Å². The van der Waals surface area contributed by atoms with Gasteiger partial charge in [-0.2, -0.15) is 21.9 Å². The number of carbonyl (C=O) groups is 1. The zero-order valence-corrected chi connectivity index (χ0v) is 17.4. The maximum absolute atomic E-state index is 12.7. The largest absolute Gasteiger partial charge is 0.493 e. The molecule has 1 amide bonds. The summed E-state index contributed by atoms with van der Waals surface area (Å²) in [5, 5.41) is 4.15. The Bertz CT molecular complexity index is 1020. The SMILES string of the molecule is CCn1nccc1C(=O)N=c1sc2cc(OC)c(OC)cc2n1CCSC. The summed E-state index contributed by atoms with van der Waals surface area (Å²) in [6.07, 6.45) is 3.68. The molecule has 0 saturated heterocycles. The Balaban J connectivity index is 2.17. The highest BCUT2D eigenvalue weighted by atomic mass is 32.2. The van der Waals surface area contributed by atoms with Gasteiger partial charge in [0.05, 0.1) is 24.4 Å². The normalized spacial score (nSPS) is 11.9. The van der Waals surface area contributed by atoms with Crippen molar-refractivity contribution in [1.82, 2.24) is 14.3 Å². The molecule has 0 spiro atoms. The third-order valence-corrected chi connectivity index (χ3v) is 5.77. The highest BCUT2D eigenvalue weighted by Gasteiger charge is 2.15. The minimum atomic E-state index is -0.294. The maximum Gasteiger partial charge on any atom is 0.297 e. The predicted molar refractivity (Wildman–Crippen MR) is 109 cm³/mol. The lowest BCUT2D eigenvalue weighted by molar-refractivity contribution is 0.0987. The Morgan fingerprint density at radius 3 is 2.70 bits per heavy atom. The van der Waals surface area contributed by atoms with Crippen molar-refractivity contribution in [1.29, 1.82) is 0 Å². The van der Waals surface area contributed by atoms with Gasteiger partial charge in [-0.15, -0.1) is 0 Å². The number of methoxy groups -OCH3 is 2. The van der Waals surface area contributed by atoms with Crippen LogP contribution in [-0.4, -0.2) is 46.5 Å². The monoisotopic (exact) mass is 406 g/mol. The molecule has 27 heavy (non-hydrogen) atoms. The molecule has 0 fully saturated rings. The molecule has 0 saturated carbocycles. The molecule has 1 aromatic carbocycles. The van der Waals surface area contributed by atoms with Gasteiger partial charge in [0.15, 0.2) is 16.3 Å². The molecule has 0 N–H and O–H groups in total. The van der Waals surface area contributed by atoms with Gasteiger partial charge in [0.1, 0.15) is 5.69 Å². The van der Waals surface area contributed by atoms with Crippen LogP contribution in [0.3, 0.4) is 0 Å². The minimum absolute atomic E-state index is 0.294. The van der Waals surface area contributed by atoms with Crippen molar-refractivity contribution in [2.24, 2.45) is 4.99 Å². The van der Waals surface area contributed by atoms with Crippen LogP contribution < -0.4 is 14.3 Å². The van der Waals surface area contributed by atoms with E-state index in [4.69, 9.17) is 9.47 Å². The summed E-state index contributed by atoms with van der Waals surface area (Å²) in [5.74, 6) is 1.93. The number of rotatable bonds is 7. The van der Waals surface area contributed by atoms with E-state index in [9.17, 15) is 4.79 Å². The van der Waals surface area contributed by atoms with E-state index in [0.29, 0.717) is 28.5 Å². The molecule has 0 aliphatic heterocycles. The average Bonchev–Trinajstić information content (AvgIpc) is 3.29. The first-order chi connectivity index (χ1) is 13.1. The molecule has 0 radical (unpaired) electrons. The van der Waals surface area contributed by atoms with Crippen molar-refractivity contribution in [2.75, 3.05) is 26.2 Å². The number of aromatic nitrogens is 3. The van der Waals surface area contributed by atoms with Crippen LogP contribution in [0.5, 0.6) is 11.5 Å². The molecule has 144 valence electrons. The first kappa shape index (κ1) is 19.5. The Hall–Kier alpha value is -2.26. The van der Waals surface area contributed by atoms with Crippen molar-refractivity contribution in [3.63, 3.8) is 0 Å². The quantitative estimate of drug-likeness (QED) is 0.603.